The molecule has 21 heavy (non-hydrogen) atoms. The molecule has 2 rings (SSSR count). The van der Waals surface area contributed by atoms with Crippen LogP contribution in [0.15, 0.2) is 0 Å². The lowest BCUT2D eigenvalue weighted by molar-refractivity contribution is -0.0777. The number of hydrogen-bond acceptors (Lipinski definition) is 3. The van der Waals surface area contributed by atoms with E-state index in [1.807, 2.05) is 0 Å². The molecule has 1 saturated heterocycles. The third kappa shape index (κ3) is 4.20. The largest absolute Gasteiger partial charge is 0.376 e. The summed E-state index contributed by atoms with van der Waals surface area (Å²) in [6.45, 7) is 14.3. The predicted molar refractivity (Wildman–Crippen MR) is 89.3 cm³/mol. The minimum absolute atomic E-state index is 0.348. The van der Waals surface area contributed by atoms with Crippen LogP contribution < -0.4 is 5.73 Å². The van der Waals surface area contributed by atoms with E-state index in [2.05, 4.69) is 39.5 Å². The molecule has 0 bridgehead atoms. The molecule has 3 heteroatoms. The van der Waals surface area contributed by atoms with Crippen LogP contribution in [-0.2, 0) is 4.74 Å². The number of nitrogens with zero attached hydrogens (tertiary/aromatic N) is 1. The summed E-state index contributed by atoms with van der Waals surface area (Å²) in [5.41, 5.74) is 6.64. The summed E-state index contributed by atoms with van der Waals surface area (Å²) < 4.78 is 5.78. The Labute approximate surface area is 131 Å². The summed E-state index contributed by atoms with van der Waals surface area (Å²) in [4.78, 5) is 2.64. The van der Waals surface area contributed by atoms with E-state index >= 15 is 0 Å². The number of hydrogen-bond donors (Lipinski definition) is 1. The first-order valence-corrected chi connectivity index (χ1v) is 8.90. The van der Waals surface area contributed by atoms with Gasteiger partial charge in [0.15, 0.2) is 0 Å². The third-order valence-electron chi connectivity index (χ3n) is 5.86. The third-order valence-corrected chi connectivity index (χ3v) is 5.86. The first kappa shape index (κ1) is 17.2. The Morgan fingerprint density at radius 1 is 1.14 bits per heavy atom. The molecule has 0 aromatic carbocycles. The van der Waals surface area contributed by atoms with E-state index in [0.717, 1.165) is 31.5 Å². The summed E-state index contributed by atoms with van der Waals surface area (Å²) >= 11 is 0. The van der Waals surface area contributed by atoms with Gasteiger partial charge in [0.1, 0.15) is 0 Å². The molecule has 0 radical (unpaired) electrons. The Kier molecular flexibility index (Phi) is 5.72. The van der Waals surface area contributed by atoms with E-state index in [1.165, 1.54) is 25.7 Å². The van der Waals surface area contributed by atoms with Crippen LogP contribution in [0.2, 0.25) is 0 Å². The van der Waals surface area contributed by atoms with Crippen molar-refractivity contribution in [2.45, 2.75) is 78.5 Å². The Morgan fingerprint density at radius 2 is 1.76 bits per heavy atom. The molecule has 2 fully saturated rings. The average Bonchev–Trinajstić information content (AvgIpc) is 2.43. The van der Waals surface area contributed by atoms with Crippen molar-refractivity contribution in [2.75, 3.05) is 19.7 Å². The van der Waals surface area contributed by atoms with Crippen molar-refractivity contribution < 1.29 is 4.74 Å². The maximum absolute atomic E-state index is 6.18. The second kappa shape index (κ2) is 6.97. The molecule has 0 aromatic heterocycles. The lowest BCUT2D eigenvalue weighted by Gasteiger charge is -2.47. The number of morpholine rings is 1. The van der Waals surface area contributed by atoms with Crippen molar-refractivity contribution >= 4 is 0 Å². The van der Waals surface area contributed by atoms with Crippen molar-refractivity contribution in [3.05, 3.63) is 0 Å². The van der Waals surface area contributed by atoms with Crippen LogP contribution in [0, 0.1) is 17.3 Å². The van der Waals surface area contributed by atoms with E-state index in [-0.39, 0.29) is 0 Å². The van der Waals surface area contributed by atoms with Gasteiger partial charge in [0.25, 0.3) is 0 Å². The zero-order valence-electron chi connectivity index (χ0n) is 14.8. The van der Waals surface area contributed by atoms with Gasteiger partial charge in [0.05, 0.1) is 12.7 Å². The van der Waals surface area contributed by atoms with Crippen LogP contribution >= 0.6 is 0 Å². The van der Waals surface area contributed by atoms with Crippen molar-refractivity contribution in [1.29, 1.82) is 0 Å². The molecule has 2 N–H and O–H groups in total. The molecule has 1 aliphatic carbocycles. The van der Waals surface area contributed by atoms with Crippen LogP contribution in [0.25, 0.3) is 0 Å². The van der Waals surface area contributed by atoms with Crippen molar-refractivity contribution in [1.82, 2.24) is 4.90 Å². The maximum Gasteiger partial charge on any atom is 0.0674 e. The van der Waals surface area contributed by atoms with Gasteiger partial charge in [-0.15, -0.1) is 0 Å². The first-order chi connectivity index (χ1) is 9.82. The topological polar surface area (TPSA) is 38.5 Å². The Morgan fingerprint density at radius 3 is 2.29 bits per heavy atom. The van der Waals surface area contributed by atoms with Gasteiger partial charge >= 0.3 is 0 Å². The second-order valence-corrected chi connectivity index (χ2v) is 8.47. The summed E-state index contributed by atoms with van der Waals surface area (Å²) in [6.07, 6.45) is 5.80. The minimum Gasteiger partial charge on any atom is -0.376 e. The Bertz CT molecular complexity index is 318. The molecular weight excluding hydrogens is 260 g/mol. The fourth-order valence-corrected chi connectivity index (χ4v) is 4.36. The Hall–Kier alpha value is -0.120. The molecule has 1 saturated carbocycles. The maximum atomic E-state index is 6.18. The smallest absolute Gasteiger partial charge is 0.0674 e. The number of nitrogens with two attached hydrogens (primary N) is 1. The highest BCUT2D eigenvalue weighted by atomic mass is 16.5. The monoisotopic (exact) mass is 296 g/mol. The quantitative estimate of drug-likeness (QED) is 0.868. The molecule has 3 atom stereocenters. The van der Waals surface area contributed by atoms with Crippen LogP contribution in [0.5, 0.6) is 0 Å². The molecule has 1 heterocycles. The van der Waals surface area contributed by atoms with Crippen LogP contribution in [0.3, 0.4) is 0 Å². The number of rotatable bonds is 3. The molecule has 124 valence electrons. The van der Waals surface area contributed by atoms with Gasteiger partial charge in [-0.05, 0) is 56.8 Å². The van der Waals surface area contributed by atoms with Gasteiger partial charge in [-0.25, -0.2) is 0 Å². The molecule has 3 unspecified atom stereocenters. The highest BCUT2D eigenvalue weighted by Crippen LogP contribution is 2.41. The van der Waals surface area contributed by atoms with Crippen molar-refractivity contribution in [2.24, 2.45) is 23.0 Å². The average molecular weight is 296 g/mol. The van der Waals surface area contributed by atoms with Gasteiger partial charge < -0.3 is 10.5 Å². The molecule has 0 aromatic rings. The highest BCUT2D eigenvalue weighted by molar-refractivity contribution is 4.90. The SMILES string of the molecule is CC1CN(C(CN)C2CCC(C(C)(C)C)CC2)C(C)CO1. The van der Waals surface area contributed by atoms with Gasteiger partial charge in [-0.2, -0.15) is 0 Å². The second-order valence-electron chi connectivity index (χ2n) is 8.47. The Balaban J connectivity index is 1.96. The summed E-state index contributed by atoms with van der Waals surface area (Å²) in [6, 6.07) is 1.06. The molecule has 2 aliphatic rings. The molecule has 0 amide bonds. The highest BCUT2D eigenvalue weighted by Gasteiger charge is 2.37. The normalized spacial score (nSPS) is 37.4. The molecule has 3 nitrogen and oxygen atoms in total. The van der Waals surface area contributed by atoms with Gasteiger partial charge in [-0.1, -0.05) is 20.8 Å². The summed E-state index contributed by atoms with van der Waals surface area (Å²) in [5, 5.41) is 0. The fraction of sp³-hybridized carbons (Fsp3) is 1.00. The zero-order chi connectivity index (χ0) is 15.6. The van der Waals surface area contributed by atoms with Gasteiger partial charge in [0, 0.05) is 25.2 Å². The molecule has 1 aliphatic heterocycles. The standard InChI is InChI=1S/C18H36N2O/c1-13-12-21-14(2)11-20(13)17(10-19)15-6-8-16(9-7-15)18(3,4)5/h13-17H,6-12,19H2,1-5H3. The zero-order valence-corrected chi connectivity index (χ0v) is 14.8. The first-order valence-electron chi connectivity index (χ1n) is 8.90. The van der Waals surface area contributed by atoms with Crippen LogP contribution in [0.1, 0.15) is 60.3 Å². The van der Waals surface area contributed by atoms with E-state index in [0.29, 0.717) is 23.6 Å². The van der Waals surface area contributed by atoms with Gasteiger partial charge in [0.2, 0.25) is 0 Å². The predicted octanol–water partition coefficient (Wildman–Crippen LogP) is 3.28. The minimum atomic E-state index is 0.348. The molecular formula is C18H36N2O. The van der Waals surface area contributed by atoms with Crippen LogP contribution in [-0.4, -0.2) is 42.8 Å². The number of ether oxygens (including phenoxy) is 1. The van der Waals surface area contributed by atoms with Crippen molar-refractivity contribution in [3.63, 3.8) is 0 Å². The van der Waals surface area contributed by atoms with Gasteiger partial charge in [-0.3, -0.25) is 4.90 Å². The summed E-state index contributed by atoms with van der Waals surface area (Å²) in [5.74, 6) is 1.66. The van der Waals surface area contributed by atoms with Crippen LogP contribution in [0.4, 0.5) is 0 Å². The van der Waals surface area contributed by atoms with E-state index in [4.69, 9.17) is 10.5 Å². The van der Waals surface area contributed by atoms with E-state index < -0.39 is 0 Å². The fourth-order valence-electron chi connectivity index (χ4n) is 4.36. The van der Waals surface area contributed by atoms with E-state index in [9.17, 15) is 0 Å². The summed E-state index contributed by atoms with van der Waals surface area (Å²) in [7, 11) is 0. The molecule has 0 spiro atoms. The van der Waals surface area contributed by atoms with E-state index in [1.54, 1.807) is 0 Å². The lowest BCUT2D eigenvalue weighted by atomic mass is 9.68. The lowest BCUT2D eigenvalue weighted by Crippen LogP contribution is -2.57. The van der Waals surface area contributed by atoms with Crippen molar-refractivity contribution in [3.8, 4) is 0 Å².